The molecule has 0 aliphatic heterocycles. The van der Waals surface area contributed by atoms with Crippen molar-refractivity contribution < 1.29 is 4.42 Å². The largest absolute Gasteiger partial charge is 0.424 e. The molecule has 0 bridgehead atoms. The van der Waals surface area contributed by atoms with E-state index in [4.69, 9.17) is 4.42 Å². The first kappa shape index (κ1) is 12.2. The van der Waals surface area contributed by atoms with Gasteiger partial charge in [0.05, 0.1) is 6.54 Å². The van der Waals surface area contributed by atoms with Gasteiger partial charge in [-0.3, -0.25) is 0 Å². The summed E-state index contributed by atoms with van der Waals surface area (Å²) in [5.74, 6) is 2.15. The van der Waals surface area contributed by atoms with Gasteiger partial charge in [-0.1, -0.05) is 32.1 Å². The molecule has 0 spiro atoms. The van der Waals surface area contributed by atoms with Crippen molar-refractivity contribution in [2.45, 2.75) is 76.3 Å². The van der Waals surface area contributed by atoms with E-state index in [0.717, 1.165) is 18.3 Å². The number of hydrogen-bond acceptors (Lipinski definition) is 4. The average molecular weight is 249 g/mol. The number of rotatable bonds is 4. The van der Waals surface area contributed by atoms with Gasteiger partial charge in [0.1, 0.15) is 0 Å². The molecule has 2 aliphatic rings. The van der Waals surface area contributed by atoms with Crippen LogP contribution in [-0.2, 0) is 6.54 Å². The van der Waals surface area contributed by atoms with Crippen LogP contribution >= 0.6 is 0 Å². The van der Waals surface area contributed by atoms with E-state index in [1.54, 1.807) is 0 Å². The average Bonchev–Trinajstić information content (AvgIpc) is 3.05. The van der Waals surface area contributed by atoms with Crippen molar-refractivity contribution in [3.05, 3.63) is 11.8 Å². The lowest BCUT2D eigenvalue weighted by Crippen LogP contribution is -2.15. The molecule has 18 heavy (non-hydrogen) atoms. The molecule has 2 aliphatic carbocycles. The molecule has 1 N–H and O–H groups in total. The van der Waals surface area contributed by atoms with Gasteiger partial charge in [-0.25, -0.2) is 0 Å². The number of nitrogens with zero attached hydrogens (tertiary/aromatic N) is 2. The second-order valence-corrected chi connectivity index (χ2v) is 5.73. The van der Waals surface area contributed by atoms with Gasteiger partial charge < -0.3 is 9.73 Å². The van der Waals surface area contributed by atoms with Crippen molar-refractivity contribution in [2.75, 3.05) is 0 Å². The van der Waals surface area contributed by atoms with E-state index in [2.05, 4.69) is 15.5 Å². The van der Waals surface area contributed by atoms with Gasteiger partial charge in [0, 0.05) is 12.0 Å². The Balaban J connectivity index is 1.55. The summed E-state index contributed by atoms with van der Waals surface area (Å²) in [5, 5.41) is 11.8. The fraction of sp³-hybridized carbons (Fsp3) is 0.857. The van der Waals surface area contributed by atoms with Crippen molar-refractivity contribution in [1.82, 2.24) is 15.5 Å². The molecule has 2 saturated carbocycles. The van der Waals surface area contributed by atoms with Crippen LogP contribution in [0.15, 0.2) is 4.42 Å². The van der Waals surface area contributed by atoms with Crippen LogP contribution in [0.3, 0.4) is 0 Å². The maximum absolute atomic E-state index is 5.81. The van der Waals surface area contributed by atoms with Gasteiger partial charge in [0.15, 0.2) is 0 Å². The predicted octanol–water partition coefficient (Wildman–Crippen LogP) is 3.15. The third-order valence-corrected chi connectivity index (χ3v) is 4.06. The van der Waals surface area contributed by atoms with Crippen molar-refractivity contribution in [3.63, 3.8) is 0 Å². The first-order valence-corrected chi connectivity index (χ1v) is 7.47. The number of aromatic nitrogens is 2. The van der Waals surface area contributed by atoms with Crippen molar-refractivity contribution in [3.8, 4) is 0 Å². The van der Waals surface area contributed by atoms with Crippen molar-refractivity contribution in [2.24, 2.45) is 0 Å². The van der Waals surface area contributed by atoms with Crippen LogP contribution < -0.4 is 5.32 Å². The first-order chi connectivity index (χ1) is 8.92. The molecule has 4 heteroatoms. The molecule has 100 valence electrons. The minimum atomic E-state index is 0.507. The highest BCUT2D eigenvalue weighted by atomic mass is 16.4. The second kappa shape index (κ2) is 5.83. The standard InChI is InChI=1S/C14H23N3O/c1-2-4-6-11(7-5-3-1)14-17-16-13(18-14)10-15-12-8-9-12/h11-12,15H,1-10H2. The summed E-state index contributed by atoms with van der Waals surface area (Å²) in [5.41, 5.74) is 0. The van der Waals surface area contributed by atoms with Crippen LogP contribution in [0, 0.1) is 0 Å². The molecule has 0 atom stereocenters. The molecular formula is C14H23N3O. The monoisotopic (exact) mass is 249 g/mol. The lowest BCUT2D eigenvalue weighted by molar-refractivity contribution is 0.358. The molecular weight excluding hydrogens is 226 g/mol. The van der Waals surface area contributed by atoms with Gasteiger partial charge >= 0.3 is 0 Å². The maximum Gasteiger partial charge on any atom is 0.230 e. The zero-order chi connectivity index (χ0) is 12.2. The molecule has 1 heterocycles. The quantitative estimate of drug-likeness (QED) is 0.890. The molecule has 4 nitrogen and oxygen atoms in total. The Morgan fingerprint density at radius 1 is 0.944 bits per heavy atom. The Kier molecular flexibility index (Phi) is 3.93. The van der Waals surface area contributed by atoms with Gasteiger partial charge in [-0.15, -0.1) is 10.2 Å². The second-order valence-electron chi connectivity index (χ2n) is 5.73. The van der Waals surface area contributed by atoms with Crippen LogP contribution in [0.4, 0.5) is 0 Å². The molecule has 0 aromatic carbocycles. The van der Waals surface area contributed by atoms with E-state index in [9.17, 15) is 0 Å². The summed E-state index contributed by atoms with van der Waals surface area (Å²) in [6.07, 6.45) is 11.8. The zero-order valence-corrected chi connectivity index (χ0v) is 11.0. The smallest absolute Gasteiger partial charge is 0.230 e. The van der Waals surface area contributed by atoms with Gasteiger partial charge in [0.25, 0.3) is 0 Å². The predicted molar refractivity (Wildman–Crippen MR) is 69.2 cm³/mol. The fourth-order valence-corrected chi connectivity index (χ4v) is 2.73. The van der Waals surface area contributed by atoms with Crippen LogP contribution in [-0.4, -0.2) is 16.2 Å². The van der Waals surface area contributed by atoms with E-state index in [0.29, 0.717) is 12.0 Å². The Labute approximate surface area is 109 Å². The Morgan fingerprint density at radius 2 is 1.67 bits per heavy atom. The van der Waals surface area contributed by atoms with Crippen LogP contribution in [0.2, 0.25) is 0 Å². The van der Waals surface area contributed by atoms with Crippen molar-refractivity contribution >= 4 is 0 Å². The summed E-state index contributed by atoms with van der Waals surface area (Å²) in [4.78, 5) is 0. The fourth-order valence-electron chi connectivity index (χ4n) is 2.73. The van der Waals surface area contributed by atoms with E-state index in [1.807, 2.05) is 0 Å². The minimum absolute atomic E-state index is 0.507. The zero-order valence-electron chi connectivity index (χ0n) is 11.0. The topological polar surface area (TPSA) is 51.0 Å². The van der Waals surface area contributed by atoms with Crippen LogP contribution in [0.1, 0.15) is 75.5 Å². The van der Waals surface area contributed by atoms with E-state index in [1.165, 1.54) is 57.8 Å². The van der Waals surface area contributed by atoms with E-state index < -0.39 is 0 Å². The van der Waals surface area contributed by atoms with Gasteiger partial charge in [-0.05, 0) is 25.7 Å². The lowest BCUT2D eigenvalue weighted by Gasteiger charge is -2.15. The molecule has 2 fully saturated rings. The minimum Gasteiger partial charge on any atom is -0.424 e. The molecule has 3 rings (SSSR count). The maximum atomic E-state index is 5.81. The third kappa shape index (κ3) is 3.31. The summed E-state index contributed by atoms with van der Waals surface area (Å²) >= 11 is 0. The van der Waals surface area contributed by atoms with Gasteiger partial charge in [0.2, 0.25) is 11.8 Å². The van der Waals surface area contributed by atoms with Crippen molar-refractivity contribution in [1.29, 1.82) is 0 Å². The van der Waals surface area contributed by atoms with E-state index >= 15 is 0 Å². The normalized spacial score (nSPS) is 22.7. The molecule has 0 amide bonds. The lowest BCUT2D eigenvalue weighted by atomic mass is 9.91. The summed E-state index contributed by atoms with van der Waals surface area (Å²) < 4.78 is 5.81. The van der Waals surface area contributed by atoms with Gasteiger partial charge in [-0.2, -0.15) is 0 Å². The Bertz CT molecular complexity index is 365. The highest BCUT2D eigenvalue weighted by Crippen LogP contribution is 2.30. The summed E-state index contributed by atoms with van der Waals surface area (Å²) in [6.45, 7) is 0.740. The molecule has 0 saturated heterocycles. The highest BCUT2D eigenvalue weighted by Gasteiger charge is 2.22. The third-order valence-electron chi connectivity index (χ3n) is 4.06. The Hall–Kier alpha value is -0.900. The molecule has 0 unspecified atom stereocenters. The molecule has 0 radical (unpaired) electrons. The first-order valence-electron chi connectivity index (χ1n) is 7.47. The SMILES string of the molecule is C1CCCC(c2nnc(CNC3CC3)o2)CCC1. The molecule has 1 aromatic rings. The summed E-state index contributed by atoms with van der Waals surface area (Å²) in [7, 11) is 0. The number of nitrogens with one attached hydrogen (secondary N) is 1. The summed E-state index contributed by atoms with van der Waals surface area (Å²) in [6, 6.07) is 0.696. The van der Waals surface area contributed by atoms with Crippen LogP contribution in [0.5, 0.6) is 0 Å². The number of hydrogen-bond donors (Lipinski definition) is 1. The van der Waals surface area contributed by atoms with E-state index in [-0.39, 0.29) is 0 Å². The van der Waals surface area contributed by atoms with Crippen LogP contribution in [0.25, 0.3) is 0 Å². The molecule has 1 aromatic heterocycles. The Morgan fingerprint density at radius 3 is 2.39 bits per heavy atom. The highest BCUT2D eigenvalue weighted by molar-refractivity contribution is 4.93.